The van der Waals surface area contributed by atoms with Crippen molar-refractivity contribution in [3.8, 4) is 0 Å². The number of nitro groups is 1. The summed E-state index contributed by atoms with van der Waals surface area (Å²) in [5.41, 5.74) is -2.56. The molecule has 1 aromatic heterocycles. The van der Waals surface area contributed by atoms with E-state index in [1.807, 2.05) is 0 Å². The van der Waals surface area contributed by atoms with Crippen LogP contribution in [0.25, 0.3) is 11.0 Å². The predicted molar refractivity (Wildman–Crippen MR) is 62.6 cm³/mol. The Kier molecular flexibility index (Phi) is 3.28. The summed E-state index contributed by atoms with van der Waals surface area (Å²) in [5.74, 6) is 0.0879. The largest absolute Gasteiger partial charge is 0.427 e. The first-order valence-electron chi connectivity index (χ1n) is 5.72. The molecule has 108 valence electrons. The van der Waals surface area contributed by atoms with Crippen LogP contribution in [0.4, 0.5) is 18.9 Å². The standard InChI is InChI=1S/C11H10F3N3O3/c1-2-3-9-15-10-7(16(9)18)4-6(11(12,13)14)5-8(10)17(19)20/h4-5,18H,2-3H2,1H3. The number of aryl methyl sites for hydroxylation is 1. The van der Waals surface area contributed by atoms with Gasteiger partial charge in [-0.05, 0) is 12.5 Å². The van der Waals surface area contributed by atoms with Crippen molar-refractivity contribution in [1.29, 1.82) is 0 Å². The molecule has 9 heteroatoms. The Bertz CT molecular complexity index is 679. The summed E-state index contributed by atoms with van der Waals surface area (Å²) in [4.78, 5) is 13.8. The van der Waals surface area contributed by atoms with Crippen molar-refractivity contribution in [3.05, 3.63) is 33.6 Å². The maximum Gasteiger partial charge on any atom is 0.416 e. The number of benzene rings is 1. The maximum absolute atomic E-state index is 12.7. The van der Waals surface area contributed by atoms with Crippen LogP contribution in [0, 0.1) is 10.1 Å². The van der Waals surface area contributed by atoms with E-state index in [1.165, 1.54) is 0 Å². The first-order chi connectivity index (χ1) is 9.25. The first-order valence-corrected chi connectivity index (χ1v) is 5.72. The van der Waals surface area contributed by atoms with Gasteiger partial charge in [-0.2, -0.15) is 17.9 Å². The average molecular weight is 289 g/mol. The molecule has 2 aromatic rings. The van der Waals surface area contributed by atoms with Gasteiger partial charge in [0.2, 0.25) is 0 Å². The molecule has 0 atom stereocenters. The Labute approximate surface area is 110 Å². The predicted octanol–water partition coefficient (Wildman–Crippen LogP) is 3.15. The van der Waals surface area contributed by atoms with Crippen molar-refractivity contribution >= 4 is 16.7 Å². The number of aromatic nitrogens is 2. The van der Waals surface area contributed by atoms with Crippen molar-refractivity contribution < 1.29 is 23.3 Å². The van der Waals surface area contributed by atoms with Crippen molar-refractivity contribution in [2.45, 2.75) is 25.9 Å². The molecule has 6 nitrogen and oxygen atoms in total. The van der Waals surface area contributed by atoms with Gasteiger partial charge in [0.25, 0.3) is 5.69 Å². The molecule has 2 rings (SSSR count). The fourth-order valence-electron chi connectivity index (χ4n) is 1.88. The second-order valence-electron chi connectivity index (χ2n) is 4.21. The van der Waals surface area contributed by atoms with Crippen LogP contribution in [0.2, 0.25) is 0 Å². The van der Waals surface area contributed by atoms with Crippen LogP contribution in [0.3, 0.4) is 0 Å². The molecule has 0 saturated carbocycles. The molecule has 20 heavy (non-hydrogen) atoms. The van der Waals surface area contributed by atoms with E-state index in [0.29, 0.717) is 29.7 Å². The quantitative estimate of drug-likeness (QED) is 0.534. The van der Waals surface area contributed by atoms with Gasteiger partial charge in [-0.25, -0.2) is 4.98 Å². The van der Waals surface area contributed by atoms with E-state index in [-0.39, 0.29) is 16.9 Å². The molecule has 0 aliphatic heterocycles. The zero-order chi connectivity index (χ0) is 15.1. The molecule has 1 aromatic carbocycles. The highest BCUT2D eigenvalue weighted by molar-refractivity contribution is 5.86. The van der Waals surface area contributed by atoms with Gasteiger partial charge >= 0.3 is 6.18 Å². The zero-order valence-corrected chi connectivity index (χ0v) is 10.3. The summed E-state index contributed by atoms with van der Waals surface area (Å²) in [5, 5.41) is 20.7. The second kappa shape index (κ2) is 4.66. The average Bonchev–Trinajstić information content (AvgIpc) is 2.65. The van der Waals surface area contributed by atoms with E-state index in [1.54, 1.807) is 6.92 Å². The highest BCUT2D eigenvalue weighted by Crippen LogP contribution is 2.36. The Balaban J connectivity index is 2.79. The van der Waals surface area contributed by atoms with Gasteiger partial charge in [-0.1, -0.05) is 6.92 Å². The molecule has 0 saturated heterocycles. The van der Waals surface area contributed by atoms with Gasteiger partial charge < -0.3 is 5.21 Å². The summed E-state index contributed by atoms with van der Waals surface area (Å²) in [6.07, 6.45) is -3.86. The second-order valence-corrected chi connectivity index (χ2v) is 4.21. The number of rotatable bonds is 3. The fourth-order valence-corrected chi connectivity index (χ4v) is 1.88. The van der Waals surface area contributed by atoms with Crippen molar-refractivity contribution in [2.75, 3.05) is 0 Å². The van der Waals surface area contributed by atoms with Crippen LogP contribution in [0.5, 0.6) is 0 Å². The van der Waals surface area contributed by atoms with E-state index in [2.05, 4.69) is 4.98 Å². The summed E-state index contributed by atoms with van der Waals surface area (Å²) >= 11 is 0. The van der Waals surface area contributed by atoms with Crippen LogP contribution >= 0.6 is 0 Å². The lowest BCUT2D eigenvalue weighted by Gasteiger charge is -2.06. The molecular weight excluding hydrogens is 279 g/mol. The molecule has 1 heterocycles. The number of non-ortho nitro benzene ring substituents is 1. The molecule has 1 N–H and O–H groups in total. The molecule has 0 amide bonds. The van der Waals surface area contributed by atoms with Gasteiger partial charge in [0.1, 0.15) is 11.3 Å². The summed E-state index contributed by atoms with van der Waals surface area (Å²) in [7, 11) is 0. The van der Waals surface area contributed by atoms with Crippen molar-refractivity contribution in [1.82, 2.24) is 9.71 Å². The fraction of sp³-hybridized carbons (Fsp3) is 0.364. The third-order valence-corrected chi connectivity index (χ3v) is 2.78. The lowest BCUT2D eigenvalue weighted by atomic mass is 10.1. The van der Waals surface area contributed by atoms with Crippen LogP contribution in [0.1, 0.15) is 24.7 Å². The number of imidazole rings is 1. The Morgan fingerprint density at radius 2 is 2.10 bits per heavy atom. The number of hydrogen-bond acceptors (Lipinski definition) is 4. The first kappa shape index (κ1) is 14.1. The number of fused-ring (bicyclic) bond motifs is 1. The number of nitro benzene ring substituents is 1. The van der Waals surface area contributed by atoms with E-state index in [0.717, 1.165) is 0 Å². The number of hydrogen-bond donors (Lipinski definition) is 1. The summed E-state index contributed by atoms with van der Waals surface area (Å²) < 4.78 is 38.6. The number of alkyl halides is 3. The Morgan fingerprint density at radius 3 is 2.60 bits per heavy atom. The van der Waals surface area contributed by atoms with Gasteiger partial charge in [0.05, 0.1) is 10.5 Å². The Hall–Kier alpha value is -2.32. The number of nitrogens with zero attached hydrogens (tertiary/aromatic N) is 3. The zero-order valence-electron chi connectivity index (χ0n) is 10.3. The lowest BCUT2D eigenvalue weighted by molar-refractivity contribution is -0.383. The molecule has 0 aliphatic carbocycles. The highest BCUT2D eigenvalue weighted by Gasteiger charge is 2.34. The Morgan fingerprint density at radius 1 is 1.45 bits per heavy atom. The van der Waals surface area contributed by atoms with Crippen LogP contribution in [-0.4, -0.2) is 19.8 Å². The van der Waals surface area contributed by atoms with E-state index >= 15 is 0 Å². The minimum Gasteiger partial charge on any atom is -0.427 e. The molecule has 0 bridgehead atoms. The third kappa shape index (κ3) is 2.26. The molecule has 0 spiro atoms. The van der Waals surface area contributed by atoms with Crippen LogP contribution in [0.15, 0.2) is 12.1 Å². The molecule has 0 fully saturated rings. The SMILES string of the molecule is CCCc1nc2c([N+](=O)[O-])cc(C(F)(F)F)cc2n1O. The molecule has 0 unspecified atom stereocenters. The molecule has 0 radical (unpaired) electrons. The highest BCUT2D eigenvalue weighted by atomic mass is 19.4. The van der Waals surface area contributed by atoms with E-state index in [9.17, 15) is 28.5 Å². The van der Waals surface area contributed by atoms with Crippen molar-refractivity contribution in [2.24, 2.45) is 0 Å². The van der Waals surface area contributed by atoms with Crippen LogP contribution in [-0.2, 0) is 12.6 Å². The molecule has 0 aliphatic rings. The minimum absolute atomic E-state index is 0.0879. The van der Waals surface area contributed by atoms with Gasteiger partial charge in [-0.15, -0.1) is 0 Å². The summed E-state index contributed by atoms with van der Waals surface area (Å²) in [6.45, 7) is 1.79. The van der Waals surface area contributed by atoms with Gasteiger partial charge in [0.15, 0.2) is 5.52 Å². The van der Waals surface area contributed by atoms with Crippen molar-refractivity contribution in [3.63, 3.8) is 0 Å². The smallest absolute Gasteiger partial charge is 0.416 e. The maximum atomic E-state index is 12.7. The number of halogens is 3. The van der Waals surface area contributed by atoms with Crippen LogP contribution < -0.4 is 0 Å². The normalized spacial score (nSPS) is 12.0. The topological polar surface area (TPSA) is 81.2 Å². The monoisotopic (exact) mass is 289 g/mol. The van der Waals surface area contributed by atoms with Gasteiger partial charge in [-0.3, -0.25) is 10.1 Å². The van der Waals surface area contributed by atoms with Gasteiger partial charge in [0, 0.05) is 12.5 Å². The lowest BCUT2D eigenvalue weighted by Crippen LogP contribution is -2.06. The molecular formula is C11H10F3N3O3. The van der Waals surface area contributed by atoms with E-state index in [4.69, 9.17) is 0 Å². The minimum atomic E-state index is -4.74. The van der Waals surface area contributed by atoms with E-state index < -0.39 is 22.4 Å². The summed E-state index contributed by atoms with van der Waals surface area (Å²) in [6, 6.07) is 1.07. The third-order valence-electron chi connectivity index (χ3n) is 2.78.